The van der Waals surface area contributed by atoms with E-state index in [0.717, 1.165) is 59.6 Å². The first-order chi connectivity index (χ1) is 27.0. The summed E-state index contributed by atoms with van der Waals surface area (Å²) in [6.07, 6.45) is 15.7. The van der Waals surface area contributed by atoms with Gasteiger partial charge in [-0.2, -0.15) is 0 Å². The van der Waals surface area contributed by atoms with Gasteiger partial charge in [-0.3, -0.25) is 0 Å². The van der Waals surface area contributed by atoms with Crippen LogP contribution in [0.1, 0.15) is 56.5 Å². The van der Waals surface area contributed by atoms with Crippen molar-refractivity contribution in [2.45, 2.75) is 44.9 Å². The molecule has 7 aromatic rings. The molecule has 0 fully saturated rings. The highest BCUT2D eigenvalue weighted by molar-refractivity contribution is 5.99. The molecule has 0 saturated carbocycles. The Kier molecular flexibility index (Phi) is 8.14. The van der Waals surface area contributed by atoms with Gasteiger partial charge >= 0.3 is 0 Å². The Hall–Kier alpha value is -6.38. The van der Waals surface area contributed by atoms with E-state index in [1.54, 1.807) is 5.57 Å². The second-order valence-corrected chi connectivity index (χ2v) is 15.6. The fraction of sp³-hybridized carbons (Fsp3) is 0.132. The van der Waals surface area contributed by atoms with Gasteiger partial charge in [-0.15, -0.1) is 0 Å². The minimum atomic E-state index is 0.0430. The Balaban J connectivity index is 0.926. The Morgan fingerprint density at radius 3 is 1.89 bits per heavy atom. The Bertz CT molecular complexity index is 2740. The van der Waals surface area contributed by atoms with Gasteiger partial charge in [0.25, 0.3) is 0 Å². The summed E-state index contributed by atoms with van der Waals surface area (Å²) in [7, 11) is 0. The van der Waals surface area contributed by atoms with Crippen LogP contribution in [0, 0.1) is 0 Å². The normalized spacial score (nSPS) is 15.6. The maximum atomic E-state index is 5.06. The second kappa shape index (κ2) is 13.5. The lowest BCUT2D eigenvalue weighted by molar-refractivity contribution is 0.651. The fourth-order valence-electron chi connectivity index (χ4n) is 8.83. The average molecular weight is 707 g/mol. The van der Waals surface area contributed by atoms with Crippen molar-refractivity contribution >= 4 is 21.9 Å². The van der Waals surface area contributed by atoms with E-state index in [4.69, 9.17) is 9.97 Å². The van der Waals surface area contributed by atoms with E-state index in [9.17, 15) is 0 Å². The first kappa shape index (κ1) is 33.2. The monoisotopic (exact) mass is 706 g/mol. The zero-order valence-electron chi connectivity index (χ0n) is 31.4. The molecule has 0 amide bonds. The summed E-state index contributed by atoms with van der Waals surface area (Å²) in [6.45, 7) is 4.75. The molecular formula is C53H42N2. The van der Waals surface area contributed by atoms with Crippen LogP contribution >= 0.6 is 0 Å². The van der Waals surface area contributed by atoms with Gasteiger partial charge in [0.1, 0.15) is 0 Å². The van der Waals surface area contributed by atoms with Crippen molar-refractivity contribution in [2.75, 3.05) is 0 Å². The van der Waals surface area contributed by atoms with Crippen molar-refractivity contribution < 1.29 is 0 Å². The molecule has 2 heteroatoms. The lowest BCUT2D eigenvalue weighted by atomic mass is 9.79. The van der Waals surface area contributed by atoms with Gasteiger partial charge in [0, 0.05) is 22.1 Å². The fourth-order valence-corrected chi connectivity index (χ4v) is 8.83. The summed E-state index contributed by atoms with van der Waals surface area (Å²) in [5.41, 5.74) is 18.5. The van der Waals surface area contributed by atoms with Crippen molar-refractivity contribution in [1.29, 1.82) is 0 Å². The molecule has 10 rings (SSSR count). The predicted molar refractivity (Wildman–Crippen MR) is 231 cm³/mol. The number of hydrogen-bond donors (Lipinski definition) is 0. The number of hydrogen-bond acceptors (Lipinski definition) is 2. The van der Waals surface area contributed by atoms with Crippen LogP contribution < -0.4 is 0 Å². The van der Waals surface area contributed by atoms with Gasteiger partial charge in [-0.05, 0) is 110 Å². The third-order valence-electron chi connectivity index (χ3n) is 11.8. The molecule has 0 saturated heterocycles. The Morgan fingerprint density at radius 2 is 1.15 bits per heavy atom. The molecule has 0 N–H and O–H groups in total. The summed E-state index contributed by atoms with van der Waals surface area (Å²) < 4.78 is 0. The molecule has 0 radical (unpaired) electrons. The van der Waals surface area contributed by atoms with Gasteiger partial charge in [0.15, 0.2) is 5.82 Å². The van der Waals surface area contributed by atoms with Crippen molar-refractivity contribution in [3.05, 3.63) is 192 Å². The molecule has 0 atom stereocenters. The third-order valence-corrected chi connectivity index (χ3v) is 11.8. The maximum Gasteiger partial charge on any atom is 0.160 e. The summed E-state index contributed by atoms with van der Waals surface area (Å²) in [5, 5.41) is 2.48. The SMILES string of the molecule is CC1(C)C2=C(CCC=C2)c2ccc(-c3ccc(-c4ccc5c(-c6ccc(-c7cc(-c8ccccc8)nc(C8=CCCC=C8)n7)cc6)cccc5c4)cc3)cc21. The van der Waals surface area contributed by atoms with E-state index < -0.39 is 0 Å². The molecule has 3 aliphatic rings. The van der Waals surface area contributed by atoms with Gasteiger partial charge < -0.3 is 0 Å². The van der Waals surface area contributed by atoms with Crippen LogP contribution in [0.15, 0.2) is 175 Å². The molecule has 55 heavy (non-hydrogen) atoms. The standard InChI is InChI=1S/C53H42N2/c1-53(2)48-19-10-9-17-46(48)47-31-29-42(33-49(47)53)36-22-20-35(21-23-36)41-28-30-45-43(32-41)16-11-18-44(45)37-24-26-39(27-25-37)51-34-50(38-12-5-3-6-13-38)54-52(55-51)40-14-7-4-8-15-40/h3,5-7,10-16,18-34H,4,8-9,17H2,1-2H3. The second-order valence-electron chi connectivity index (χ2n) is 15.6. The van der Waals surface area contributed by atoms with Gasteiger partial charge in [-0.1, -0.05) is 166 Å². The highest BCUT2D eigenvalue weighted by atomic mass is 14.9. The van der Waals surface area contributed by atoms with E-state index in [1.807, 2.05) is 6.07 Å². The number of nitrogens with zero attached hydrogens (tertiary/aromatic N) is 2. The molecular weight excluding hydrogens is 665 g/mol. The molecule has 1 aromatic heterocycles. The average Bonchev–Trinajstić information content (AvgIpc) is 3.49. The lowest BCUT2D eigenvalue weighted by Gasteiger charge is -2.24. The van der Waals surface area contributed by atoms with Crippen LogP contribution in [0.3, 0.4) is 0 Å². The highest BCUT2D eigenvalue weighted by Gasteiger charge is 2.37. The molecule has 0 unspecified atom stereocenters. The number of allylic oxidation sites excluding steroid dienone is 8. The minimum absolute atomic E-state index is 0.0430. The minimum Gasteiger partial charge on any atom is -0.228 e. The van der Waals surface area contributed by atoms with Gasteiger partial charge in [0.05, 0.1) is 11.4 Å². The van der Waals surface area contributed by atoms with Crippen LogP contribution in [0.4, 0.5) is 0 Å². The molecule has 0 spiro atoms. The number of fused-ring (bicyclic) bond motifs is 3. The van der Waals surface area contributed by atoms with Crippen LogP contribution in [0.25, 0.3) is 77.8 Å². The largest absolute Gasteiger partial charge is 0.228 e. The zero-order chi connectivity index (χ0) is 36.9. The van der Waals surface area contributed by atoms with Crippen LogP contribution in [-0.2, 0) is 5.41 Å². The van der Waals surface area contributed by atoms with E-state index in [1.165, 1.54) is 60.9 Å². The van der Waals surface area contributed by atoms with E-state index in [0.29, 0.717) is 0 Å². The van der Waals surface area contributed by atoms with Crippen molar-refractivity contribution in [3.8, 4) is 55.9 Å². The highest BCUT2D eigenvalue weighted by Crippen LogP contribution is 2.50. The maximum absolute atomic E-state index is 5.06. The van der Waals surface area contributed by atoms with E-state index in [-0.39, 0.29) is 5.41 Å². The summed E-state index contributed by atoms with van der Waals surface area (Å²) >= 11 is 0. The van der Waals surface area contributed by atoms with E-state index >= 15 is 0 Å². The third kappa shape index (κ3) is 5.99. The van der Waals surface area contributed by atoms with Crippen molar-refractivity contribution in [2.24, 2.45) is 0 Å². The Morgan fingerprint density at radius 1 is 0.491 bits per heavy atom. The molecule has 3 aliphatic carbocycles. The topological polar surface area (TPSA) is 25.8 Å². The lowest BCUT2D eigenvalue weighted by Crippen LogP contribution is -2.16. The van der Waals surface area contributed by atoms with Gasteiger partial charge in [-0.25, -0.2) is 9.97 Å². The summed E-state index contributed by atoms with van der Waals surface area (Å²) in [4.78, 5) is 10.1. The summed E-state index contributed by atoms with van der Waals surface area (Å²) in [5.74, 6) is 0.775. The molecule has 264 valence electrons. The number of rotatable bonds is 6. The molecule has 2 nitrogen and oxygen atoms in total. The number of aromatic nitrogens is 2. The number of benzene rings is 6. The van der Waals surface area contributed by atoms with Crippen molar-refractivity contribution in [3.63, 3.8) is 0 Å². The molecule has 0 aliphatic heterocycles. The molecule has 0 bridgehead atoms. The first-order valence-electron chi connectivity index (χ1n) is 19.6. The van der Waals surface area contributed by atoms with Gasteiger partial charge in [0.2, 0.25) is 0 Å². The zero-order valence-corrected chi connectivity index (χ0v) is 31.4. The quantitative estimate of drug-likeness (QED) is 0.172. The summed E-state index contributed by atoms with van der Waals surface area (Å²) in [6, 6.07) is 51.0. The van der Waals surface area contributed by atoms with Crippen LogP contribution in [0.2, 0.25) is 0 Å². The molecule has 1 heterocycles. The predicted octanol–water partition coefficient (Wildman–Crippen LogP) is 14.1. The van der Waals surface area contributed by atoms with E-state index in [2.05, 4.69) is 178 Å². The van der Waals surface area contributed by atoms with Crippen LogP contribution in [-0.4, -0.2) is 9.97 Å². The van der Waals surface area contributed by atoms with Crippen LogP contribution in [0.5, 0.6) is 0 Å². The Labute approximate surface area is 324 Å². The first-order valence-corrected chi connectivity index (χ1v) is 19.6. The smallest absolute Gasteiger partial charge is 0.160 e. The van der Waals surface area contributed by atoms with Crippen molar-refractivity contribution in [1.82, 2.24) is 9.97 Å². The molecule has 6 aromatic carbocycles.